The summed E-state index contributed by atoms with van der Waals surface area (Å²) in [4.78, 5) is 15.2. The fourth-order valence-electron chi connectivity index (χ4n) is 3.83. The van der Waals surface area contributed by atoms with Gasteiger partial charge in [0.25, 0.3) is 5.56 Å². The largest absolute Gasteiger partial charge is 0.497 e. The Kier molecular flexibility index (Phi) is 5.16. The molecule has 1 aliphatic heterocycles. The minimum atomic E-state index is -0.0849. The molecule has 140 valence electrons. The van der Waals surface area contributed by atoms with Crippen LogP contribution in [0, 0.1) is 0 Å². The molecule has 2 aromatic carbocycles. The van der Waals surface area contributed by atoms with Crippen molar-refractivity contribution in [2.24, 2.45) is 0 Å². The zero-order valence-electron chi connectivity index (χ0n) is 15.5. The highest BCUT2D eigenvalue weighted by Gasteiger charge is 2.24. The molecule has 0 radical (unpaired) electrons. The second kappa shape index (κ2) is 7.88. The van der Waals surface area contributed by atoms with E-state index >= 15 is 0 Å². The Morgan fingerprint density at radius 3 is 2.70 bits per heavy atom. The summed E-state index contributed by atoms with van der Waals surface area (Å²) in [5.41, 5.74) is 1.80. The number of benzene rings is 2. The van der Waals surface area contributed by atoms with E-state index in [1.54, 1.807) is 7.11 Å². The molecule has 27 heavy (non-hydrogen) atoms. The molecule has 1 atom stereocenters. The SMILES string of the molecule is COc1ccc([C@H]2CCCCCN2Cn2nnc3ccccc3c2=O)cc1. The van der Waals surface area contributed by atoms with Gasteiger partial charge in [-0.05, 0) is 42.7 Å². The predicted molar refractivity (Wildman–Crippen MR) is 105 cm³/mol. The van der Waals surface area contributed by atoms with E-state index in [0.29, 0.717) is 17.6 Å². The molecule has 0 N–H and O–H groups in total. The number of ether oxygens (including phenoxy) is 1. The number of likely N-dealkylation sites (tertiary alicyclic amines) is 1. The van der Waals surface area contributed by atoms with Crippen molar-refractivity contribution >= 4 is 10.9 Å². The lowest BCUT2D eigenvalue weighted by Gasteiger charge is -2.30. The third-order valence-corrected chi connectivity index (χ3v) is 5.31. The number of hydrogen-bond acceptors (Lipinski definition) is 5. The van der Waals surface area contributed by atoms with Crippen LogP contribution in [-0.2, 0) is 6.67 Å². The Bertz CT molecular complexity index is 968. The van der Waals surface area contributed by atoms with Crippen LogP contribution in [0.1, 0.15) is 37.3 Å². The van der Waals surface area contributed by atoms with Crippen LogP contribution in [0.3, 0.4) is 0 Å². The molecule has 1 aliphatic rings. The third kappa shape index (κ3) is 3.71. The average molecular weight is 364 g/mol. The van der Waals surface area contributed by atoms with Gasteiger partial charge in [0, 0.05) is 12.6 Å². The first-order chi connectivity index (χ1) is 13.3. The highest BCUT2D eigenvalue weighted by Crippen LogP contribution is 2.31. The van der Waals surface area contributed by atoms with Gasteiger partial charge in [-0.15, -0.1) is 5.10 Å². The van der Waals surface area contributed by atoms with E-state index in [1.807, 2.05) is 36.4 Å². The molecule has 0 unspecified atom stereocenters. The van der Waals surface area contributed by atoms with Crippen LogP contribution in [0.5, 0.6) is 5.75 Å². The number of methoxy groups -OCH3 is 1. The standard InChI is InChI=1S/C21H24N4O2/c1-27-17-12-10-16(11-13-17)20-9-3-2-6-14-24(20)15-25-21(26)18-7-4-5-8-19(18)22-23-25/h4-5,7-8,10-13,20H,2-3,6,9,14-15H2,1H3/t20-/m1/s1. The first kappa shape index (κ1) is 17.7. The Morgan fingerprint density at radius 2 is 1.89 bits per heavy atom. The Morgan fingerprint density at radius 1 is 1.07 bits per heavy atom. The molecule has 3 aromatic rings. The second-order valence-electron chi connectivity index (χ2n) is 7.00. The van der Waals surface area contributed by atoms with E-state index in [0.717, 1.165) is 25.1 Å². The van der Waals surface area contributed by atoms with E-state index in [4.69, 9.17) is 4.74 Å². The number of fused-ring (bicyclic) bond motifs is 1. The van der Waals surface area contributed by atoms with Crippen molar-refractivity contribution in [3.05, 3.63) is 64.4 Å². The molecular formula is C21H24N4O2. The van der Waals surface area contributed by atoms with Gasteiger partial charge in [-0.3, -0.25) is 9.69 Å². The van der Waals surface area contributed by atoms with Crippen molar-refractivity contribution < 1.29 is 4.74 Å². The number of hydrogen-bond donors (Lipinski definition) is 0. The highest BCUT2D eigenvalue weighted by atomic mass is 16.5. The second-order valence-corrected chi connectivity index (χ2v) is 7.00. The van der Waals surface area contributed by atoms with Gasteiger partial charge in [-0.1, -0.05) is 42.3 Å². The molecule has 2 heterocycles. The number of aromatic nitrogens is 3. The maximum atomic E-state index is 12.8. The normalized spacial score (nSPS) is 18.3. The summed E-state index contributed by atoms with van der Waals surface area (Å²) in [7, 11) is 1.68. The molecule has 0 amide bonds. The first-order valence-corrected chi connectivity index (χ1v) is 9.47. The molecule has 0 aliphatic carbocycles. The summed E-state index contributed by atoms with van der Waals surface area (Å²) < 4.78 is 6.77. The topological polar surface area (TPSA) is 60.2 Å². The van der Waals surface area contributed by atoms with E-state index in [2.05, 4.69) is 27.3 Å². The molecule has 1 aromatic heterocycles. The van der Waals surface area contributed by atoms with Gasteiger partial charge >= 0.3 is 0 Å². The molecule has 0 saturated carbocycles. The molecule has 6 heteroatoms. The smallest absolute Gasteiger partial charge is 0.278 e. The van der Waals surface area contributed by atoms with Crippen molar-refractivity contribution in [3.8, 4) is 5.75 Å². The fourth-order valence-corrected chi connectivity index (χ4v) is 3.83. The van der Waals surface area contributed by atoms with Crippen molar-refractivity contribution in [2.45, 2.75) is 38.4 Å². The van der Waals surface area contributed by atoms with E-state index < -0.39 is 0 Å². The van der Waals surface area contributed by atoms with Crippen LogP contribution in [0.4, 0.5) is 0 Å². The van der Waals surface area contributed by atoms with Crippen LogP contribution in [0.25, 0.3) is 10.9 Å². The van der Waals surface area contributed by atoms with Crippen molar-refractivity contribution in [3.63, 3.8) is 0 Å². The summed E-state index contributed by atoms with van der Waals surface area (Å²) in [6, 6.07) is 15.9. The third-order valence-electron chi connectivity index (χ3n) is 5.31. The lowest BCUT2D eigenvalue weighted by Crippen LogP contribution is -2.36. The van der Waals surface area contributed by atoms with Gasteiger partial charge < -0.3 is 4.74 Å². The molecular weight excluding hydrogens is 340 g/mol. The molecule has 0 bridgehead atoms. The Labute approximate surface area is 158 Å². The van der Waals surface area contributed by atoms with E-state index in [9.17, 15) is 4.79 Å². The van der Waals surface area contributed by atoms with Gasteiger partial charge in [-0.25, -0.2) is 0 Å². The summed E-state index contributed by atoms with van der Waals surface area (Å²) in [6.45, 7) is 1.39. The Hall–Kier alpha value is -2.73. The highest BCUT2D eigenvalue weighted by molar-refractivity contribution is 5.76. The molecule has 1 fully saturated rings. The first-order valence-electron chi connectivity index (χ1n) is 9.47. The molecule has 0 spiro atoms. The van der Waals surface area contributed by atoms with Gasteiger partial charge in [-0.2, -0.15) is 4.68 Å². The predicted octanol–water partition coefficient (Wildman–Crippen LogP) is 3.37. The Balaban J connectivity index is 1.65. The van der Waals surface area contributed by atoms with Crippen LogP contribution in [-0.4, -0.2) is 33.5 Å². The molecule has 4 rings (SSSR count). The molecule has 1 saturated heterocycles. The summed E-state index contributed by atoms with van der Waals surface area (Å²) in [6.07, 6.45) is 4.59. The lowest BCUT2D eigenvalue weighted by molar-refractivity contribution is 0.141. The van der Waals surface area contributed by atoms with Gasteiger partial charge in [0.15, 0.2) is 0 Å². The summed E-state index contributed by atoms with van der Waals surface area (Å²) >= 11 is 0. The minimum Gasteiger partial charge on any atom is -0.497 e. The van der Waals surface area contributed by atoms with E-state index in [1.165, 1.54) is 23.1 Å². The van der Waals surface area contributed by atoms with Crippen molar-refractivity contribution in [2.75, 3.05) is 13.7 Å². The monoisotopic (exact) mass is 364 g/mol. The van der Waals surface area contributed by atoms with Gasteiger partial charge in [0.2, 0.25) is 0 Å². The zero-order valence-corrected chi connectivity index (χ0v) is 15.5. The van der Waals surface area contributed by atoms with E-state index in [-0.39, 0.29) is 11.6 Å². The minimum absolute atomic E-state index is 0.0849. The lowest BCUT2D eigenvalue weighted by atomic mass is 10.0. The number of rotatable bonds is 4. The number of nitrogens with zero attached hydrogens (tertiary/aromatic N) is 4. The maximum absolute atomic E-state index is 12.8. The molecule has 6 nitrogen and oxygen atoms in total. The van der Waals surface area contributed by atoms with Crippen LogP contribution in [0.2, 0.25) is 0 Å². The fraction of sp³-hybridized carbons (Fsp3) is 0.381. The zero-order chi connectivity index (χ0) is 18.6. The average Bonchev–Trinajstić information content (AvgIpc) is 2.96. The van der Waals surface area contributed by atoms with Crippen LogP contribution >= 0.6 is 0 Å². The van der Waals surface area contributed by atoms with Crippen LogP contribution < -0.4 is 10.3 Å². The summed E-state index contributed by atoms with van der Waals surface area (Å²) in [5.74, 6) is 0.857. The quantitative estimate of drug-likeness (QED) is 0.710. The summed E-state index contributed by atoms with van der Waals surface area (Å²) in [5, 5.41) is 9.01. The van der Waals surface area contributed by atoms with Crippen molar-refractivity contribution in [1.29, 1.82) is 0 Å². The maximum Gasteiger partial charge on any atom is 0.278 e. The van der Waals surface area contributed by atoms with Crippen molar-refractivity contribution in [1.82, 2.24) is 19.9 Å². The van der Waals surface area contributed by atoms with Crippen LogP contribution in [0.15, 0.2) is 53.3 Å². The van der Waals surface area contributed by atoms with Gasteiger partial charge in [0.1, 0.15) is 11.3 Å². The van der Waals surface area contributed by atoms with Gasteiger partial charge in [0.05, 0.1) is 19.2 Å².